The molecule has 0 aliphatic carbocycles. The largest absolute Gasteiger partial charge is 0.309 e. The number of aryl methyl sites for hydroxylation is 1. The maximum atomic E-state index is 3.69. The third-order valence-corrected chi connectivity index (χ3v) is 3.69. The summed E-state index contributed by atoms with van der Waals surface area (Å²) in [5.74, 6) is 0. The third-order valence-electron chi connectivity index (χ3n) is 3.69. The van der Waals surface area contributed by atoms with Gasteiger partial charge in [-0.3, -0.25) is 0 Å². The molecule has 0 radical (unpaired) electrons. The third kappa shape index (κ3) is 5.75. The second-order valence-corrected chi connectivity index (χ2v) is 5.26. The van der Waals surface area contributed by atoms with Crippen molar-refractivity contribution in [3.05, 3.63) is 35.4 Å². The first kappa shape index (κ1) is 16.2. The summed E-state index contributed by atoms with van der Waals surface area (Å²) in [7, 11) is 0. The smallest absolute Gasteiger partial charge is 0.0318 e. The monoisotopic (exact) mass is 262 g/mol. The quantitative estimate of drug-likeness (QED) is 0.729. The zero-order valence-corrected chi connectivity index (χ0v) is 13.1. The van der Waals surface area contributed by atoms with E-state index in [1.165, 1.54) is 24.1 Å². The average molecular weight is 262 g/mol. The van der Waals surface area contributed by atoms with Crippen LogP contribution in [0.1, 0.15) is 50.8 Å². The van der Waals surface area contributed by atoms with E-state index in [1.807, 2.05) is 0 Å². The predicted octanol–water partition coefficient (Wildman–Crippen LogP) is 3.77. The van der Waals surface area contributed by atoms with E-state index in [0.717, 1.165) is 26.1 Å². The molecule has 19 heavy (non-hydrogen) atoms. The molecule has 0 spiro atoms. The topological polar surface area (TPSA) is 15.3 Å². The van der Waals surface area contributed by atoms with Crippen LogP contribution in [0.25, 0.3) is 0 Å². The van der Waals surface area contributed by atoms with Crippen molar-refractivity contribution in [2.24, 2.45) is 0 Å². The molecule has 0 bridgehead atoms. The number of nitrogens with one attached hydrogen (secondary N) is 1. The highest BCUT2D eigenvalue weighted by Crippen LogP contribution is 2.16. The average Bonchev–Trinajstić information content (AvgIpc) is 2.43. The minimum Gasteiger partial charge on any atom is -0.309 e. The molecule has 108 valence electrons. The summed E-state index contributed by atoms with van der Waals surface area (Å²) in [5, 5.41) is 3.69. The fourth-order valence-electron chi connectivity index (χ4n) is 2.44. The van der Waals surface area contributed by atoms with Crippen molar-refractivity contribution in [1.82, 2.24) is 10.2 Å². The number of likely N-dealkylation sites (N-methyl/N-ethyl adjacent to an activating group) is 1. The van der Waals surface area contributed by atoms with E-state index < -0.39 is 0 Å². The zero-order chi connectivity index (χ0) is 14.1. The first-order valence-electron chi connectivity index (χ1n) is 7.73. The Kier molecular flexibility index (Phi) is 7.76. The minimum atomic E-state index is 0.487. The molecule has 0 fully saturated rings. The Hall–Kier alpha value is -0.860. The van der Waals surface area contributed by atoms with Gasteiger partial charge in [0.1, 0.15) is 0 Å². The molecule has 1 aromatic carbocycles. The maximum Gasteiger partial charge on any atom is 0.0318 e. The fourth-order valence-corrected chi connectivity index (χ4v) is 2.44. The van der Waals surface area contributed by atoms with Gasteiger partial charge in [0.15, 0.2) is 0 Å². The SMILES string of the molecule is CCCN(CC)CCNC(CC)c1ccc(C)cc1. The van der Waals surface area contributed by atoms with Crippen molar-refractivity contribution in [3.63, 3.8) is 0 Å². The van der Waals surface area contributed by atoms with Crippen LogP contribution in [0.4, 0.5) is 0 Å². The fraction of sp³-hybridized carbons (Fsp3) is 0.647. The summed E-state index contributed by atoms with van der Waals surface area (Å²) in [6.07, 6.45) is 2.38. The Balaban J connectivity index is 2.42. The lowest BCUT2D eigenvalue weighted by molar-refractivity contribution is 0.282. The Morgan fingerprint density at radius 2 is 1.74 bits per heavy atom. The molecule has 0 saturated carbocycles. The molecule has 0 heterocycles. The van der Waals surface area contributed by atoms with Gasteiger partial charge in [0.25, 0.3) is 0 Å². The molecule has 2 heteroatoms. The number of rotatable bonds is 9. The standard InChI is InChI=1S/C17H30N2/c1-5-13-19(7-3)14-12-18-17(6-2)16-10-8-15(4)9-11-16/h8-11,17-18H,5-7,12-14H2,1-4H3. The molecular formula is C17H30N2. The van der Waals surface area contributed by atoms with E-state index in [2.05, 4.69) is 62.2 Å². The Labute approximate surface area is 119 Å². The summed E-state index contributed by atoms with van der Waals surface area (Å²) in [6, 6.07) is 9.39. The summed E-state index contributed by atoms with van der Waals surface area (Å²) >= 11 is 0. The molecule has 1 aromatic rings. The Bertz CT molecular complexity index is 332. The van der Waals surface area contributed by atoms with Crippen LogP contribution in [-0.4, -0.2) is 31.1 Å². The van der Waals surface area contributed by atoms with E-state index in [9.17, 15) is 0 Å². The van der Waals surface area contributed by atoms with Gasteiger partial charge in [0, 0.05) is 19.1 Å². The van der Waals surface area contributed by atoms with Crippen molar-refractivity contribution < 1.29 is 0 Å². The summed E-state index contributed by atoms with van der Waals surface area (Å²) in [6.45, 7) is 13.5. The lowest BCUT2D eigenvalue weighted by Gasteiger charge is -2.23. The van der Waals surface area contributed by atoms with E-state index >= 15 is 0 Å². The van der Waals surface area contributed by atoms with Gasteiger partial charge >= 0.3 is 0 Å². The Morgan fingerprint density at radius 3 is 2.26 bits per heavy atom. The van der Waals surface area contributed by atoms with Crippen LogP contribution in [0, 0.1) is 6.92 Å². The lowest BCUT2D eigenvalue weighted by Crippen LogP contribution is -2.34. The molecule has 1 unspecified atom stereocenters. The molecule has 2 nitrogen and oxygen atoms in total. The van der Waals surface area contributed by atoms with E-state index in [1.54, 1.807) is 0 Å². The highest BCUT2D eigenvalue weighted by atomic mass is 15.1. The van der Waals surface area contributed by atoms with Crippen LogP contribution in [0.2, 0.25) is 0 Å². The molecule has 0 saturated heterocycles. The van der Waals surface area contributed by atoms with E-state index in [4.69, 9.17) is 0 Å². The first-order valence-corrected chi connectivity index (χ1v) is 7.73. The highest BCUT2D eigenvalue weighted by molar-refractivity contribution is 5.24. The second-order valence-electron chi connectivity index (χ2n) is 5.26. The van der Waals surface area contributed by atoms with Crippen LogP contribution < -0.4 is 5.32 Å². The summed E-state index contributed by atoms with van der Waals surface area (Å²) < 4.78 is 0. The van der Waals surface area contributed by atoms with Crippen LogP contribution >= 0.6 is 0 Å². The van der Waals surface area contributed by atoms with E-state index in [0.29, 0.717) is 6.04 Å². The maximum absolute atomic E-state index is 3.69. The molecule has 0 aromatic heterocycles. The highest BCUT2D eigenvalue weighted by Gasteiger charge is 2.08. The molecule has 1 N–H and O–H groups in total. The van der Waals surface area contributed by atoms with Gasteiger partial charge < -0.3 is 10.2 Å². The zero-order valence-electron chi connectivity index (χ0n) is 13.1. The van der Waals surface area contributed by atoms with Crippen molar-refractivity contribution in [3.8, 4) is 0 Å². The molecular weight excluding hydrogens is 232 g/mol. The number of hydrogen-bond acceptors (Lipinski definition) is 2. The van der Waals surface area contributed by atoms with Crippen molar-refractivity contribution in [2.45, 2.75) is 46.6 Å². The minimum absolute atomic E-state index is 0.487. The van der Waals surface area contributed by atoms with Crippen LogP contribution in [0.15, 0.2) is 24.3 Å². The van der Waals surface area contributed by atoms with Gasteiger partial charge in [-0.05, 0) is 38.4 Å². The molecule has 0 amide bonds. The van der Waals surface area contributed by atoms with Gasteiger partial charge in [-0.1, -0.05) is 50.6 Å². The Morgan fingerprint density at radius 1 is 1.05 bits per heavy atom. The molecule has 1 rings (SSSR count). The van der Waals surface area contributed by atoms with E-state index in [-0.39, 0.29) is 0 Å². The number of nitrogens with zero attached hydrogens (tertiary/aromatic N) is 1. The second kappa shape index (κ2) is 9.11. The van der Waals surface area contributed by atoms with Gasteiger partial charge in [-0.2, -0.15) is 0 Å². The molecule has 0 aliphatic heterocycles. The summed E-state index contributed by atoms with van der Waals surface area (Å²) in [4.78, 5) is 2.51. The normalized spacial score (nSPS) is 12.9. The summed E-state index contributed by atoms with van der Waals surface area (Å²) in [5.41, 5.74) is 2.74. The van der Waals surface area contributed by atoms with Crippen molar-refractivity contribution in [1.29, 1.82) is 0 Å². The van der Waals surface area contributed by atoms with Gasteiger partial charge in [0.2, 0.25) is 0 Å². The van der Waals surface area contributed by atoms with Crippen molar-refractivity contribution >= 4 is 0 Å². The number of hydrogen-bond donors (Lipinski definition) is 1. The molecule has 1 atom stereocenters. The van der Waals surface area contributed by atoms with Crippen LogP contribution in [-0.2, 0) is 0 Å². The van der Waals surface area contributed by atoms with Gasteiger partial charge in [0.05, 0.1) is 0 Å². The molecule has 0 aliphatic rings. The first-order chi connectivity index (χ1) is 9.21. The van der Waals surface area contributed by atoms with Gasteiger partial charge in [-0.25, -0.2) is 0 Å². The number of benzene rings is 1. The van der Waals surface area contributed by atoms with Crippen LogP contribution in [0.5, 0.6) is 0 Å². The van der Waals surface area contributed by atoms with Crippen LogP contribution in [0.3, 0.4) is 0 Å². The van der Waals surface area contributed by atoms with Crippen molar-refractivity contribution in [2.75, 3.05) is 26.2 Å². The van der Waals surface area contributed by atoms with Gasteiger partial charge in [-0.15, -0.1) is 0 Å². The lowest BCUT2D eigenvalue weighted by atomic mass is 10.0. The predicted molar refractivity (Wildman–Crippen MR) is 84.6 cm³/mol.